The van der Waals surface area contributed by atoms with Crippen LogP contribution in [0, 0.1) is 11.3 Å². The fourth-order valence-corrected chi connectivity index (χ4v) is 3.96. The van der Waals surface area contributed by atoms with Crippen molar-refractivity contribution >= 4 is 17.6 Å². The number of nitrogens with one attached hydrogen (secondary N) is 1. The molecule has 1 N–H and O–H groups in total. The van der Waals surface area contributed by atoms with Gasteiger partial charge in [-0.15, -0.1) is 0 Å². The lowest BCUT2D eigenvalue weighted by Gasteiger charge is -2.37. The number of hydrogen-bond donors (Lipinski definition) is 1. The van der Waals surface area contributed by atoms with Crippen molar-refractivity contribution in [2.24, 2.45) is 0 Å². The molecule has 1 fully saturated rings. The van der Waals surface area contributed by atoms with Crippen molar-refractivity contribution in [1.29, 1.82) is 5.26 Å². The average molecular weight is 353 g/mol. The Labute approximate surface area is 153 Å². The second-order valence-electron chi connectivity index (χ2n) is 7.04. The fourth-order valence-electron chi connectivity index (χ4n) is 3.96. The van der Waals surface area contributed by atoms with Gasteiger partial charge in [-0.1, -0.05) is 12.1 Å². The molecule has 0 aliphatic carbocycles. The summed E-state index contributed by atoms with van der Waals surface area (Å²) in [4.78, 5) is 27.0. The van der Waals surface area contributed by atoms with Gasteiger partial charge in [0.05, 0.1) is 30.4 Å². The molecule has 0 aromatic heterocycles. The number of esters is 1. The van der Waals surface area contributed by atoms with E-state index in [1.54, 1.807) is 17.0 Å². The standard InChI is InChI=1S/C20H23N3O3/c1-12(2)22-20(25)23-15-7-8-17(23)18(19(24)26-3)16(10-15)14-6-4-5-13(9-14)11-21/h4-6,9,12,15,17H,7-8,10H2,1-3H3,(H,22,25)/t15-,17+/m0/s1. The van der Waals surface area contributed by atoms with E-state index in [9.17, 15) is 14.9 Å². The predicted octanol–water partition coefficient (Wildman–Crippen LogP) is 2.84. The lowest BCUT2D eigenvalue weighted by atomic mass is 9.88. The van der Waals surface area contributed by atoms with E-state index >= 15 is 0 Å². The van der Waals surface area contributed by atoms with Crippen LogP contribution in [0.15, 0.2) is 29.8 Å². The Bertz CT molecular complexity index is 807. The zero-order chi connectivity index (χ0) is 18.8. The molecular formula is C20H23N3O3. The summed E-state index contributed by atoms with van der Waals surface area (Å²) in [6.07, 6.45) is 2.17. The number of amides is 2. The summed E-state index contributed by atoms with van der Waals surface area (Å²) in [5.41, 5.74) is 2.82. The van der Waals surface area contributed by atoms with E-state index in [0.717, 1.165) is 24.0 Å². The molecule has 2 aliphatic heterocycles. The number of benzene rings is 1. The Morgan fingerprint density at radius 2 is 2.12 bits per heavy atom. The summed E-state index contributed by atoms with van der Waals surface area (Å²) < 4.78 is 5.04. The molecular weight excluding hydrogens is 330 g/mol. The first kappa shape index (κ1) is 18.0. The largest absolute Gasteiger partial charge is 0.466 e. The van der Waals surface area contributed by atoms with E-state index < -0.39 is 5.97 Å². The van der Waals surface area contributed by atoms with Crippen molar-refractivity contribution in [3.05, 3.63) is 41.0 Å². The van der Waals surface area contributed by atoms with Gasteiger partial charge < -0.3 is 15.0 Å². The number of nitriles is 1. The van der Waals surface area contributed by atoms with Gasteiger partial charge >= 0.3 is 12.0 Å². The van der Waals surface area contributed by atoms with Crippen LogP contribution in [-0.2, 0) is 9.53 Å². The Hall–Kier alpha value is -2.81. The number of urea groups is 1. The van der Waals surface area contributed by atoms with Crippen LogP contribution in [0.25, 0.3) is 5.57 Å². The third kappa shape index (κ3) is 3.17. The van der Waals surface area contributed by atoms with Crippen LogP contribution in [0.4, 0.5) is 4.79 Å². The minimum Gasteiger partial charge on any atom is -0.466 e. The quantitative estimate of drug-likeness (QED) is 0.847. The lowest BCUT2D eigenvalue weighted by molar-refractivity contribution is -0.136. The zero-order valence-electron chi connectivity index (χ0n) is 15.3. The van der Waals surface area contributed by atoms with E-state index in [-0.39, 0.29) is 24.2 Å². The molecule has 0 unspecified atom stereocenters. The molecule has 2 amide bonds. The molecule has 26 heavy (non-hydrogen) atoms. The number of fused-ring (bicyclic) bond motifs is 2. The Balaban J connectivity index is 2.06. The molecule has 2 aliphatic rings. The molecule has 1 aromatic carbocycles. The van der Waals surface area contributed by atoms with Gasteiger partial charge in [-0.3, -0.25) is 0 Å². The molecule has 2 heterocycles. The number of methoxy groups -OCH3 is 1. The molecule has 0 spiro atoms. The van der Waals surface area contributed by atoms with Crippen LogP contribution >= 0.6 is 0 Å². The van der Waals surface area contributed by atoms with Crippen molar-refractivity contribution in [2.75, 3.05) is 7.11 Å². The van der Waals surface area contributed by atoms with E-state index in [1.807, 2.05) is 26.0 Å². The SMILES string of the molecule is COC(=O)C1=C(c2cccc(C#N)c2)C[C@@H]2CC[C@H]1N2C(=O)NC(C)C. The second-order valence-corrected chi connectivity index (χ2v) is 7.04. The summed E-state index contributed by atoms with van der Waals surface area (Å²) in [5, 5.41) is 12.1. The summed E-state index contributed by atoms with van der Waals surface area (Å²) in [6, 6.07) is 9.04. The maximum atomic E-state index is 12.7. The smallest absolute Gasteiger partial charge is 0.336 e. The average Bonchev–Trinajstić information content (AvgIpc) is 2.94. The van der Waals surface area contributed by atoms with Crippen molar-refractivity contribution in [3.63, 3.8) is 0 Å². The number of carbonyl (C=O) groups is 2. The first-order chi connectivity index (χ1) is 12.5. The van der Waals surface area contributed by atoms with Crippen LogP contribution in [0.1, 0.15) is 44.2 Å². The normalized spacial score (nSPS) is 21.6. The van der Waals surface area contributed by atoms with Gasteiger partial charge in [0.15, 0.2) is 0 Å². The van der Waals surface area contributed by atoms with Gasteiger partial charge in [0.1, 0.15) is 0 Å². The van der Waals surface area contributed by atoms with Crippen LogP contribution in [0.2, 0.25) is 0 Å². The van der Waals surface area contributed by atoms with Crippen LogP contribution in [-0.4, -0.2) is 42.1 Å². The molecule has 6 heteroatoms. The molecule has 1 aromatic rings. The second kappa shape index (κ2) is 7.20. The third-order valence-corrected chi connectivity index (χ3v) is 4.99. The molecule has 3 rings (SSSR count). The number of hydrogen-bond acceptors (Lipinski definition) is 4. The highest BCUT2D eigenvalue weighted by atomic mass is 16.5. The Morgan fingerprint density at radius 1 is 1.35 bits per heavy atom. The molecule has 2 atom stereocenters. The van der Waals surface area contributed by atoms with Gasteiger partial charge in [0.2, 0.25) is 0 Å². The summed E-state index contributed by atoms with van der Waals surface area (Å²) in [5.74, 6) is -0.407. The zero-order valence-corrected chi connectivity index (χ0v) is 15.3. The predicted molar refractivity (Wildman–Crippen MR) is 97.0 cm³/mol. The third-order valence-electron chi connectivity index (χ3n) is 4.99. The van der Waals surface area contributed by atoms with E-state index in [2.05, 4.69) is 11.4 Å². The van der Waals surface area contributed by atoms with Crippen LogP contribution in [0.5, 0.6) is 0 Å². The summed E-state index contributed by atoms with van der Waals surface area (Å²) >= 11 is 0. The van der Waals surface area contributed by atoms with E-state index in [0.29, 0.717) is 17.6 Å². The first-order valence-corrected chi connectivity index (χ1v) is 8.87. The number of rotatable bonds is 3. The number of carbonyl (C=O) groups excluding carboxylic acids is 2. The van der Waals surface area contributed by atoms with Gasteiger partial charge in [0, 0.05) is 12.1 Å². The summed E-state index contributed by atoms with van der Waals surface area (Å²) in [7, 11) is 1.36. The topological polar surface area (TPSA) is 82.4 Å². The van der Waals surface area contributed by atoms with E-state index in [4.69, 9.17) is 4.74 Å². The van der Waals surface area contributed by atoms with Gasteiger partial charge in [0.25, 0.3) is 0 Å². The molecule has 1 saturated heterocycles. The summed E-state index contributed by atoms with van der Waals surface area (Å²) in [6.45, 7) is 3.83. The van der Waals surface area contributed by atoms with Gasteiger partial charge in [-0.05, 0) is 56.4 Å². The number of ether oxygens (including phenoxy) is 1. The maximum Gasteiger partial charge on any atom is 0.336 e. The highest BCUT2D eigenvalue weighted by molar-refractivity contribution is 6.01. The minimum absolute atomic E-state index is 0.0289. The van der Waals surface area contributed by atoms with Crippen molar-refractivity contribution < 1.29 is 14.3 Å². The number of nitrogens with zero attached hydrogens (tertiary/aromatic N) is 2. The van der Waals surface area contributed by atoms with Crippen molar-refractivity contribution in [3.8, 4) is 6.07 Å². The van der Waals surface area contributed by atoms with Gasteiger partial charge in [-0.25, -0.2) is 9.59 Å². The molecule has 6 nitrogen and oxygen atoms in total. The fraction of sp³-hybridized carbons (Fsp3) is 0.450. The minimum atomic E-state index is -0.407. The van der Waals surface area contributed by atoms with Crippen molar-refractivity contribution in [2.45, 2.75) is 51.2 Å². The van der Waals surface area contributed by atoms with Crippen LogP contribution < -0.4 is 5.32 Å². The van der Waals surface area contributed by atoms with Crippen molar-refractivity contribution in [1.82, 2.24) is 10.2 Å². The monoisotopic (exact) mass is 353 g/mol. The Kier molecular flexibility index (Phi) is 4.99. The van der Waals surface area contributed by atoms with Gasteiger partial charge in [-0.2, -0.15) is 5.26 Å². The first-order valence-electron chi connectivity index (χ1n) is 8.87. The highest BCUT2D eigenvalue weighted by Crippen LogP contribution is 2.43. The Morgan fingerprint density at radius 3 is 2.77 bits per heavy atom. The highest BCUT2D eigenvalue weighted by Gasteiger charge is 2.46. The lowest BCUT2D eigenvalue weighted by Crippen LogP contribution is -2.52. The van der Waals surface area contributed by atoms with E-state index in [1.165, 1.54) is 7.11 Å². The van der Waals surface area contributed by atoms with Crippen LogP contribution in [0.3, 0.4) is 0 Å². The molecule has 136 valence electrons. The molecule has 0 saturated carbocycles. The molecule has 0 radical (unpaired) electrons. The maximum absolute atomic E-state index is 12.7. The molecule has 2 bridgehead atoms.